The van der Waals surface area contributed by atoms with E-state index in [0.29, 0.717) is 31.9 Å². The Morgan fingerprint density at radius 3 is 2.61 bits per heavy atom. The molecule has 0 radical (unpaired) electrons. The Labute approximate surface area is 110 Å². The summed E-state index contributed by atoms with van der Waals surface area (Å²) >= 11 is 5.82. The molecule has 1 heterocycles. The van der Waals surface area contributed by atoms with Crippen LogP contribution in [0.1, 0.15) is 10.4 Å². The van der Waals surface area contributed by atoms with Gasteiger partial charge in [-0.25, -0.2) is 0 Å². The molecule has 1 fully saturated rings. The van der Waals surface area contributed by atoms with E-state index in [1.807, 2.05) is 0 Å². The van der Waals surface area contributed by atoms with Crippen molar-refractivity contribution in [3.63, 3.8) is 0 Å². The minimum Gasteiger partial charge on any atom is -0.423 e. The lowest BCUT2D eigenvalue weighted by molar-refractivity contribution is 0.0303. The Kier molecular flexibility index (Phi) is 4.24. The summed E-state index contributed by atoms with van der Waals surface area (Å²) in [5, 5.41) is 18.5. The summed E-state index contributed by atoms with van der Waals surface area (Å²) < 4.78 is 5.17. The van der Waals surface area contributed by atoms with E-state index in [1.165, 1.54) is 12.1 Å². The van der Waals surface area contributed by atoms with Gasteiger partial charge in [0, 0.05) is 29.1 Å². The summed E-state index contributed by atoms with van der Waals surface area (Å²) in [6.07, 6.45) is 0. The van der Waals surface area contributed by atoms with E-state index >= 15 is 0 Å². The molecule has 1 aromatic rings. The second kappa shape index (κ2) is 5.71. The van der Waals surface area contributed by atoms with E-state index in [4.69, 9.17) is 26.4 Å². The molecule has 0 unspecified atom stereocenters. The molecule has 1 saturated heterocycles. The number of hydrogen-bond acceptors (Lipinski definition) is 4. The zero-order chi connectivity index (χ0) is 13.1. The van der Waals surface area contributed by atoms with Gasteiger partial charge >= 0.3 is 7.12 Å². The minimum absolute atomic E-state index is 0.135. The van der Waals surface area contributed by atoms with Gasteiger partial charge in [0.05, 0.1) is 13.2 Å². The second-order valence-electron chi connectivity index (χ2n) is 4.01. The number of halogens is 1. The van der Waals surface area contributed by atoms with Crippen molar-refractivity contribution in [2.45, 2.75) is 0 Å². The molecular formula is C11H13BClNO4. The minimum atomic E-state index is -1.69. The summed E-state index contributed by atoms with van der Waals surface area (Å²) in [4.78, 5) is 13.8. The summed E-state index contributed by atoms with van der Waals surface area (Å²) in [6.45, 7) is 2.13. The zero-order valence-electron chi connectivity index (χ0n) is 9.67. The first kappa shape index (κ1) is 13.4. The number of benzene rings is 1. The molecular weight excluding hydrogens is 256 g/mol. The number of hydrogen-bond donors (Lipinski definition) is 2. The number of carbonyl (C=O) groups is 1. The summed E-state index contributed by atoms with van der Waals surface area (Å²) in [7, 11) is -1.69. The summed E-state index contributed by atoms with van der Waals surface area (Å²) in [6, 6.07) is 4.47. The maximum atomic E-state index is 12.1. The van der Waals surface area contributed by atoms with Crippen molar-refractivity contribution in [1.29, 1.82) is 0 Å². The molecule has 5 nitrogen and oxygen atoms in total. The quantitative estimate of drug-likeness (QED) is 0.710. The lowest BCUT2D eigenvalue weighted by Gasteiger charge is -2.27. The largest absolute Gasteiger partial charge is 0.489 e. The van der Waals surface area contributed by atoms with E-state index in [2.05, 4.69) is 0 Å². The van der Waals surface area contributed by atoms with Crippen molar-refractivity contribution in [1.82, 2.24) is 4.90 Å². The van der Waals surface area contributed by atoms with Crippen molar-refractivity contribution in [3.05, 3.63) is 28.8 Å². The molecule has 1 aliphatic rings. The zero-order valence-corrected chi connectivity index (χ0v) is 10.4. The van der Waals surface area contributed by atoms with Gasteiger partial charge in [-0.05, 0) is 18.2 Å². The van der Waals surface area contributed by atoms with Crippen LogP contribution in [0.15, 0.2) is 18.2 Å². The first-order valence-electron chi connectivity index (χ1n) is 5.62. The predicted octanol–water partition coefficient (Wildman–Crippen LogP) is -0.508. The summed E-state index contributed by atoms with van der Waals surface area (Å²) in [5.74, 6) is -0.156. The lowest BCUT2D eigenvalue weighted by atomic mass is 9.79. The average molecular weight is 269 g/mol. The fraction of sp³-hybridized carbons (Fsp3) is 0.364. The van der Waals surface area contributed by atoms with Crippen LogP contribution in [0.2, 0.25) is 5.02 Å². The normalized spacial score (nSPS) is 15.6. The van der Waals surface area contributed by atoms with Crippen molar-refractivity contribution < 1.29 is 19.6 Å². The molecule has 2 N–H and O–H groups in total. The maximum absolute atomic E-state index is 12.1. The van der Waals surface area contributed by atoms with Crippen LogP contribution in [0.4, 0.5) is 0 Å². The van der Waals surface area contributed by atoms with Gasteiger partial charge in [0.25, 0.3) is 5.91 Å². The maximum Gasteiger partial charge on any atom is 0.489 e. The van der Waals surface area contributed by atoms with Crippen molar-refractivity contribution in [2.24, 2.45) is 0 Å². The molecule has 0 spiro atoms. The monoisotopic (exact) mass is 269 g/mol. The third-order valence-electron chi connectivity index (χ3n) is 2.82. The van der Waals surface area contributed by atoms with E-state index in [1.54, 1.807) is 11.0 Å². The van der Waals surface area contributed by atoms with Gasteiger partial charge in [-0.3, -0.25) is 4.79 Å². The molecule has 0 aromatic heterocycles. The lowest BCUT2D eigenvalue weighted by Crippen LogP contribution is -2.41. The topological polar surface area (TPSA) is 70.0 Å². The first-order chi connectivity index (χ1) is 8.59. The second-order valence-corrected chi connectivity index (χ2v) is 4.42. The molecule has 1 aliphatic heterocycles. The van der Waals surface area contributed by atoms with Crippen LogP contribution < -0.4 is 5.46 Å². The Balaban J connectivity index is 2.22. The molecule has 2 rings (SSSR count). The van der Waals surface area contributed by atoms with Gasteiger partial charge in [-0.1, -0.05) is 11.6 Å². The Bertz CT molecular complexity index is 449. The average Bonchev–Trinajstić information content (AvgIpc) is 2.39. The number of rotatable bonds is 2. The van der Waals surface area contributed by atoms with Crippen LogP contribution in [0.3, 0.4) is 0 Å². The molecule has 18 heavy (non-hydrogen) atoms. The third kappa shape index (κ3) is 2.84. The van der Waals surface area contributed by atoms with Crippen molar-refractivity contribution in [3.8, 4) is 0 Å². The summed E-state index contributed by atoms with van der Waals surface area (Å²) in [5.41, 5.74) is 0.528. The van der Waals surface area contributed by atoms with Crippen LogP contribution in [-0.2, 0) is 4.74 Å². The molecule has 0 bridgehead atoms. The molecule has 1 aromatic carbocycles. The first-order valence-corrected chi connectivity index (χ1v) is 6.00. The molecule has 1 amide bonds. The highest BCUT2D eigenvalue weighted by atomic mass is 35.5. The number of morpholine rings is 1. The highest BCUT2D eigenvalue weighted by Gasteiger charge is 2.22. The van der Waals surface area contributed by atoms with Crippen LogP contribution in [0, 0.1) is 0 Å². The van der Waals surface area contributed by atoms with Crippen LogP contribution >= 0.6 is 11.6 Å². The molecule has 0 saturated carbocycles. The van der Waals surface area contributed by atoms with Crippen molar-refractivity contribution in [2.75, 3.05) is 26.3 Å². The Morgan fingerprint density at radius 2 is 2.00 bits per heavy atom. The van der Waals surface area contributed by atoms with Gasteiger partial charge in [0.2, 0.25) is 0 Å². The fourth-order valence-corrected chi connectivity index (χ4v) is 2.04. The number of amides is 1. The van der Waals surface area contributed by atoms with E-state index in [-0.39, 0.29) is 16.4 Å². The van der Waals surface area contributed by atoms with Crippen LogP contribution in [0.5, 0.6) is 0 Å². The molecule has 0 atom stereocenters. The highest BCUT2D eigenvalue weighted by Crippen LogP contribution is 2.11. The number of ether oxygens (including phenoxy) is 1. The van der Waals surface area contributed by atoms with Crippen LogP contribution in [-0.4, -0.2) is 54.3 Å². The smallest absolute Gasteiger partial charge is 0.423 e. The van der Waals surface area contributed by atoms with Crippen molar-refractivity contribution >= 4 is 30.1 Å². The van der Waals surface area contributed by atoms with Gasteiger partial charge in [0.15, 0.2) is 0 Å². The van der Waals surface area contributed by atoms with E-state index in [0.717, 1.165) is 0 Å². The van der Waals surface area contributed by atoms with Gasteiger partial charge in [-0.15, -0.1) is 0 Å². The number of carbonyl (C=O) groups excluding carboxylic acids is 1. The molecule has 0 aliphatic carbocycles. The Morgan fingerprint density at radius 1 is 1.33 bits per heavy atom. The highest BCUT2D eigenvalue weighted by molar-refractivity contribution is 6.62. The van der Waals surface area contributed by atoms with Gasteiger partial charge in [-0.2, -0.15) is 0 Å². The van der Waals surface area contributed by atoms with Gasteiger partial charge < -0.3 is 19.7 Å². The standard InChI is InChI=1S/C11H13BClNO4/c13-10-2-1-8(7-9(10)12(16)17)11(15)14-3-5-18-6-4-14/h1-2,7,16-17H,3-6H2. The van der Waals surface area contributed by atoms with E-state index < -0.39 is 7.12 Å². The third-order valence-corrected chi connectivity index (χ3v) is 3.16. The van der Waals surface area contributed by atoms with Gasteiger partial charge in [0.1, 0.15) is 0 Å². The SMILES string of the molecule is O=C(c1ccc(Cl)c(B(O)O)c1)N1CCOCC1. The van der Waals surface area contributed by atoms with Crippen LogP contribution in [0.25, 0.3) is 0 Å². The molecule has 7 heteroatoms. The predicted molar refractivity (Wildman–Crippen MR) is 68.0 cm³/mol. The fourth-order valence-electron chi connectivity index (χ4n) is 1.82. The Hall–Kier alpha value is -1.08. The van der Waals surface area contributed by atoms with E-state index in [9.17, 15) is 4.79 Å². The molecule has 96 valence electrons. The number of nitrogens with zero attached hydrogens (tertiary/aromatic N) is 1.